The van der Waals surface area contributed by atoms with E-state index in [1.807, 2.05) is 6.07 Å². The maximum absolute atomic E-state index is 12.3. The van der Waals surface area contributed by atoms with Crippen LogP contribution >= 0.6 is 11.6 Å². The molecule has 0 aliphatic rings. The van der Waals surface area contributed by atoms with Crippen LogP contribution in [0.15, 0.2) is 47.6 Å². The van der Waals surface area contributed by atoms with Crippen LogP contribution in [0.25, 0.3) is 0 Å². The van der Waals surface area contributed by atoms with Gasteiger partial charge in [0.25, 0.3) is 0 Å². The Bertz CT molecular complexity index is 786. The van der Waals surface area contributed by atoms with E-state index in [9.17, 15) is 8.42 Å². The molecule has 1 N–H and O–H groups in total. The number of rotatable bonds is 4. The number of nitrogens with zero attached hydrogens (tertiary/aromatic N) is 2. The maximum Gasteiger partial charge on any atom is 0.241 e. The summed E-state index contributed by atoms with van der Waals surface area (Å²) in [5.74, 6) is 0. The summed E-state index contributed by atoms with van der Waals surface area (Å²) < 4.78 is 27.1. The molecule has 0 amide bonds. The van der Waals surface area contributed by atoms with Crippen LogP contribution in [0.2, 0.25) is 5.02 Å². The molecular formula is C14H12ClN3O2S. The van der Waals surface area contributed by atoms with Crippen molar-refractivity contribution in [2.75, 3.05) is 0 Å². The Labute approximate surface area is 128 Å². The van der Waals surface area contributed by atoms with Crippen molar-refractivity contribution in [2.24, 2.45) is 0 Å². The Hall–Kier alpha value is -1.94. The third-order valence-corrected chi connectivity index (χ3v) is 4.74. The second-order valence-electron chi connectivity index (χ2n) is 4.38. The molecule has 2 rings (SSSR count). The zero-order chi connectivity index (χ0) is 15.5. The standard InChI is InChI=1S/C14H12ClN3O2S/c1-10(12-3-2-6-17-9-12)18-21(19,20)13-5-4-11(8-16)14(15)7-13/h2-7,9-10,18H,1H3. The van der Waals surface area contributed by atoms with Gasteiger partial charge in [-0.15, -0.1) is 0 Å². The zero-order valence-electron chi connectivity index (χ0n) is 11.1. The fraction of sp³-hybridized carbons (Fsp3) is 0.143. The molecule has 1 aromatic heterocycles. The second kappa shape index (κ2) is 6.22. The lowest BCUT2D eigenvalue weighted by Crippen LogP contribution is -2.27. The van der Waals surface area contributed by atoms with Crippen molar-refractivity contribution in [1.29, 1.82) is 5.26 Å². The van der Waals surface area contributed by atoms with Crippen LogP contribution in [0.3, 0.4) is 0 Å². The second-order valence-corrected chi connectivity index (χ2v) is 6.50. The lowest BCUT2D eigenvalue weighted by atomic mass is 10.2. The number of benzene rings is 1. The first-order valence-electron chi connectivity index (χ1n) is 6.06. The van der Waals surface area contributed by atoms with Gasteiger partial charge in [0.15, 0.2) is 0 Å². The number of halogens is 1. The minimum absolute atomic E-state index is 0.0160. The smallest absolute Gasteiger partial charge is 0.241 e. The van der Waals surface area contributed by atoms with Crippen molar-refractivity contribution in [2.45, 2.75) is 17.9 Å². The molecule has 0 radical (unpaired) electrons. The summed E-state index contributed by atoms with van der Waals surface area (Å²) in [6.07, 6.45) is 3.21. The van der Waals surface area contributed by atoms with Crippen LogP contribution in [0.4, 0.5) is 0 Å². The lowest BCUT2D eigenvalue weighted by molar-refractivity contribution is 0.566. The van der Waals surface area contributed by atoms with Gasteiger partial charge in [0.1, 0.15) is 6.07 Å². The normalized spacial score (nSPS) is 12.6. The highest BCUT2D eigenvalue weighted by molar-refractivity contribution is 7.89. The average Bonchev–Trinajstić information content (AvgIpc) is 2.47. The maximum atomic E-state index is 12.3. The monoisotopic (exact) mass is 321 g/mol. The molecule has 2 aromatic rings. The number of aromatic nitrogens is 1. The molecule has 21 heavy (non-hydrogen) atoms. The first-order chi connectivity index (χ1) is 9.94. The fourth-order valence-electron chi connectivity index (χ4n) is 1.75. The Kier molecular flexibility index (Phi) is 4.58. The number of nitriles is 1. The van der Waals surface area contributed by atoms with E-state index in [2.05, 4.69) is 9.71 Å². The molecule has 0 saturated carbocycles. The predicted molar refractivity (Wildman–Crippen MR) is 79.1 cm³/mol. The largest absolute Gasteiger partial charge is 0.264 e. The first-order valence-corrected chi connectivity index (χ1v) is 7.92. The van der Waals surface area contributed by atoms with E-state index in [1.54, 1.807) is 31.5 Å². The van der Waals surface area contributed by atoms with Gasteiger partial charge in [-0.2, -0.15) is 5.26 Å². The van der Waals surface area contributed by atoms with Crippen LogP contribution in [-0.4, -0.2) is 13.4 Å². The Morgan fingerprint density at radius 3 is 2.71 bits per heavy atom. The third kappa shape index (κ3) is 3.58. The van der Waals surface area contributed by atoms with E-state index >= 15 is 0 Å². The van der Waals surface area contributed by atoms with Crippen LogP contribution < -0.4 is 4.72 Å². The molecule has 0 fully saturated rings. The van der Waals surface area contributed by atoms with Crippen molar-refractivity contribution in [3.63, 3.8) is 0 Å². The summed E-state index contributed by atoms with van der Waals surface area (Å²) in [7, 11) is -3.73. The van der Waals surface area contributed by atoms with E-state index in [0.717, 1.165) is 5.56 Å². The van der Waals surface area contributed by atoms with Crippen LogP contribution in [0.5, 0.6) is 0 Å². The molecular weight excluding hydrogens is 310 g/mol. The Balaban J connectivity index is 2.27. The quantitative estimate of drug-likeness (QED) is 0.938. The van der Waals surface area contributed by atoms with Crippen molar-refractivity contribution in [3.8, 4) is 6.07 Å². The predicted octanol–water partition coefficient (Wildman–Crippen LogP) is 2.65. The molecule has 5 nitrogen and oxygen atoms in total. The molecule has 108 valence electrons. The summed E-state index contributed by atoms with van der Waals surface area (Å²) >= 11 is 5.86. The summed E-state index contributed by atoms with van der Waals surface area (Å²) in [6, 6.07) is 8.96. The molecule has 0 saturated heterocycles. The van der Waals surface area contributed by atoms with Gasteiger partial charge in [-0.3, -0.25) is 4.98 Å². The number of pyridine rings is 1. The lowest BCUT2D eigenvalue weighted by Gasteiger charge is -2.14. The molecule has 0 bridgehead atoms. The highest BCUT2D eigenvalue weighted by atomic mass is 35.5. The van der Waals surface area contributed by atoms with E-state index in [4.69, 9.17) is 16.9 Å². The molecule has 7 heteroatoms. The highest BCUT2D eigenvalue weighted by Gasteiger charge is 2.19. The molecule has 0 aliphatic heterocycles. The van der Waals surface area contributed by atoms with Crippen molar-refractivity contribution in [1.82, 2.24) is 9.71 Å². The summed E-state index contributed by atoms with van der Waals surface area (Å²) in [4.78, 5) is 3.97. The molecule has 1 heterocycles. The highest BCUT2D eigenvalue weighted by Crippen LogP contribution is 2.22. The Morgan fingerprint density at radius 2 is 2.14 bits per heavy atom. The third-order valence-electron chi connectivity index (χ3n) is 2.89. The molecule has 0 spiro atoms. The van der Waals surface area contributed by atoms with Crippen LogP contribution in [-0.2, 0) is 10.0 Å². The first kappa shape index (κ1) is 15.4. The fourth-order valence-corrected chi connectivity index (χ4v) is 3.30. The van der Waals surface area contributed by atoms with Gasteiger partial charge in [-0.25, -0.2) is 13.1 Å². The van der Waals surface area contributed by atoms with Crippen molar-refractivity contribution in [3.05, 3.63) is 58.9 Å². The van der Waals surface area contributed by atoms with Crippen molar-refractivity contribution < 1.29 is 8.42 Å². The summed E-state index contributed by atoms with van der Waals surface area (Å²) in [5.41, 5.74) is 0.983. The van der Waals surface area contributed by atoms with Crippen LogP contribution in [0, 0.1) is 11.3 Å². The minimum atomic E-state index is -3.73. The van der Waals surface area contributed by atoms with E-state index in [0.29, 0.717) is 0 Å². The molecule has 1 aromatic carbocycles. The van der Waals surface area contributed by atoms with Crippen molar-refractivity contribution >= 4 is 21.6 Å². The molecule has 1 atom stereocenters. The van der Waals surface area contributed by atoms with Gasteiger partial charge in [0.05, 0.1) is 15.5 Å². The molecule has 1 unspecified atom stereocenters. The minimum Gasteiger partial charge on any atom is -0.264 e. The number of hydrogen-bond donors (Lipinski definition) is 1. The summed E-state index contributed by atoms with van der Waals surface area (Å²) in [6.45, 7) is 1.72. The van der Waals surface area contributed by atoms with Gasteiger partial charge in [-0.05, 0) is 36.8 Å². The van der Waals surface area contributed by atoms with E-state index in [-0.39, 0.29) is 15.5 Å². The van der Waals surface area contributed by atoms with E-state index in [1.165, 1.54) is 18.2 Å². The number of nitrogens with one attached hydrogen (secondary N) is 1. The van der Waals surface area contributed by atoms with Gasteiger partial charge >= 0.3 is 0 Å². The summed E-state index contributed by atoms with van der Waals surface area (Å²) in [5, 5.41) is 8.91. The number of hydrogen-bond acceptors (Lipinski definition) is 4. The molecule has 0 aliphatic carbocycles. The zero-order valence-corrected chi connectivity index (χ0v) is 12.7. The van der Waals surface area contributed by atoms with Gasteiger partial charge in [0, 0.05) is 18.4 Å². The van der Waals surface area contributed by atoms with Crippen LogP contribution in [0.1, 0.15) is 24.1 Å². The van der Waals surface area contributed by atoms with Gasteiger partial charge in [0.2, 0.25) is 10.0 Å². The van der Waals surface area contributed by atoms with Gasteiger partial charge < -0.3 is 0 Å². The van der Waals surface area contributed by atoms with Gasteiger partial charge in [-0.1, -0.05) is 17.7 Å². The average molecular weight is 322 g/mol. The Morgan fingerprint density at radius 1 is 1.38 bits per heavy atom. The SMILES string of the molecule is CC(NS(=O)(=O)c1ccc(C#N)c(Cl)c1)c1cccnc1. The topological polar surface area (TPSA) is 82.9 Å². The van der Waals surface area contributed by atoms with E-state index < -0.39 is 16.1 Å². The number of sulfonamides is 1.